The van der Waals surface area contributed by atoms with E-state index in [2.05, 4.69) is 0 Å². The molecule has 92 valence electrons. The van der Waals surface area contributed by atoms with E-state index < -0.39 is 10.7 Å². The minimum absolute atomic E-state index is 0.186. The zero-order chi connectivity index (χ0) is 12.4. The molecule has 0 atom stereocenters. The third-order valence-electron chi connectivity index (χ3n) is 3.00. The van der Waals surface area contributed by atoms with Gasteiger partial charge in [-0.15, -0.1) is 0 Å². The van der Waals surface area contributed by atoms with Crippen molar-refractivity contribution in [3.05, 3.63) is 34.1 Å². The fourth-order valence-corrected chi connectivity index (χ4v) is 1.88. The van der Waals surface area contributed by atoms with E-state index in [0.717, 1.165) is 19.2 Å². The average molecular weight is 238 g/mol. The van der Waals surface area contributed by atoms with Crippen molar-refractivity contribution in [2.75, 3.05) is 18.0 Å². The van der Waals surface area contributed by atoms with Gasteiger partial charge >= 0.3 is 0 Å². The zero-order valence-electron chi connectivity index (χ0n) is 9.73. The Hall–Kier alpha value is -1.65. The highest BCUT2D eigenvalue weighted by atomic mass is 19.1. The lowest BCUT2D eigenvalue weighted by Gasteiger charge is -2.22. The molecule has 2 rings (SSSR count). The maximum Gasteiger partial charge on any atom is 0.274 e. The van der Waals surface area contributed by atoms with Crippen LogP contribution in [0.2, 0.25) is 0 Å². The van der Waals surface area contributed by atoms with Gasteiger partial charge in [0.05, 0.1) is 11.0 Å². The van der Waals surface area contributed by atoms with Crippen LogP contribution in [0, 0.1) is 21.8 Å². The van der Waals surface area contributed by atoms with Crippen LogP contribution in [0.1, 0.15) is 19.8 Å². The third-order valence-corrected chi connectivity index (χ3v) is 3.00. The summed E-state index contributed by atoms with van der Waals surface area (Å²) >= 11 is 0. The summed E-state index contributed by atoms with van der Waals surface area (Å²) in [4.78, 5) is 12.1. The molecule has 1 saturated carbocycles. The predicted octanol–water partition coefficient (Wildman–Crippen LogP) is 2.97. The molecule has 0 bridgehead atoms. The number of benzene rings is 1. The molecule has 0 unspecified atom stereocenters. The first-order valence-electron chi connectivity index (χ1n) is 5.80. The van der Waals surface area contributed by atoms with Crippen molar-refractivity contribution >= 4 is 11.4 Å². The van der Waals surface area contributed by atoms with Crippen LogP contribution in [0.25, 0.3) is 0 Å². The van der Waals surface area contributed by atoms with E-state index in [0.29, 0.717) is 11.6 Å². The molecule has 0 radical (unpaired) electrons. The topological polar surface area (TPSA) is 46.4 Å². The summed E-state index contributed by atoms with van der Waals surface area (Å²) in [6, 6.07) is 3.75. The van der Waals surface area contributed by atoms with Crippen molar-refractivity contribution in [1.29, 1.82) is 0 Å². The monoisotopic (exact) mass is 238 g/mol. The quantitative estimate of drug-likeness (QED) is 0.585. The van der Waals surface area contributed by atoms with E-state index in [-0.39, 0.29) is 5.69 Å². The zero-order valence-corrected chi connectivity index (χ0v) is 9.73. The Morgan fingerprint density at radius 2 is 2.18 bits per heavy atom. The van der Waals surface area contributed by atoms with E-state index in [9.17, 15) is 14.5 Å². The smallest absolute Gasteiger partial charge is 0.274 e. The van der Waals surface area contributed by atoms with Gasteiger partial charge in [0.2, 0.25) is 0 Å². The normalized spacial score (nSPS) is 14.7. The Labute approximate surface area is 99.2 Å². The van der Waals surface area contributed by atoms with Gasteiger partial charge in [-0.2, -0.15) is 0 Å². The first kappa shape index (κ1) is 11.8. The SMILES string of the molecule is CCN(CC1CC1)c1cc(F)cc([N+](=O)[O-])c1. The third kappa shape index (κ3) is 2.93. The lowest BCUT2D eigenvalue weighted by Crippen LogP contribution is -2.25. The lowest BCUT2D eigenvalue weighted by molar-refractivity contribution is -0.385. The molecule has 1 aliphatic rings. The molecule has 1 fully saturated rings. The number of hydrogen-bond donors (Lipinski definition) is 0. The van der Waals surface area contributed by atoms with Gasteiger partial charge in [-0.25, -0.2) is 4.39 Å². The number of nitrogens with zero attached hydrogens (tertiary/aromatic N) is 2. The van der Waals surface area contributed by atoms with Gasteiger partial charge in [0.25, 0.3) is 5.69 Å². The standard InChI is InChI=1S/C12H15FN2O2/c1-2-14(8-9-3-4-9)11-5-10(13)6-12(7-11)15(16)17/h5-7,9H,2-4,8H2,1H3. The van der Waals surface area contributed by atoms with Crippen LogP contribution in [0.15, 0.2) is 18.2 Å². The Kier molecular flexibility index (Phi) is 3.26. The maximum absolute atomic E-state index is 13.3. The van der Waals surface area contributed by atoms with E-state index >= 15 is 0 Å². The first-order chi connectivity index (χ1) is 8.10. The fourth-order valence-electron chi connectivity index (χ4n) is 1.88. The molecule has 0 spiro atoms. The molecular weight excluding hydrogens is 223 g/mol. The molecule has 5 heteroatoms. The minimum Gasteiger partial charge on any atom is -0.371 e. The molecule has 0 heterocycles. The fraction of sp³-hybridized carbons (Fsp3) is 0.500. The summed E-state index contributed by atoms with van der Waals surface area (Å²) in [5.74, 6) is 0.112. The van der Waals surface area contributed by atoms with Crippen molar-refractivity contribution in [1.82, 2.24) is 0 Å². The molecule has 17 heavy (non-hydrogen) atoms. The molecule has 0 saturated heterocycles. The maximum atomic E-state index is 13.3. The second-order valence-electron chi connectivity index (χ2n) is 4.41. The number of halogens is 1. The summed E-state index contributed by atoms with van der Waals surface area (Å²) in [6.45, 7) is 3.56. The van der Waals surface area contributed by atoms with Crippen LogP contribution in [0.5, 0.6) is 0 Å². The summed E-state index contributed by atoms with van der Waals surface area (Å²) in [7, 11) is 0. The van der Waals surface area contributed by atoms with Crippen molar-refractivity contribution in [2.45, 2.75) is 19.8 Å². The number of non-ortho nitro benzene ring substituents is 1. The Bertz CT molecular complexity index is 433. The molecule has 1 aromatic carbocycles. The van der Waals surface area contributed by atoms with Gasteiger partial charge in [-0.3, -0.25) is 10.1 Å². The van der Waals surface area contributed by atoms with E-state index in [1.807, 2.05) is 11.8 Å². The number of nitro groups is 1. The molecule has 0 aromatic heterocycles. The van der Waals surface area contributed by atoms with E-state index in [1.165, 1.54) is 25.0 Å². The number of anilines is 1. The second kappa shape index (κ2) is 4.69. The molecule has 0 N–H and O–H groups in total. The molecule has 1 aromatic rings. The van der Waals surface area contributed by atoms with Crippen LogP contribution in [0.3, 0.4) is 0 Å². The first-order valence-corrected chi connectivity index (χ1v) is 5.80. The van der Waals surface area contributed by atoms with Gasteiger partial charge in [0, 0.05) is 24.8 Å². The number of hydrogen-bond acceptors (Lipinski definition) is 3. The van der Waals surface area contributed by atoms with E-state index in [1.54, 1.807) is 0 Å². The van der Waals surface area contributed by atoms with Gasteiger partial charge in [0.1, 0.15) is 5.82 Å². The molecule has 4 nitrogen and oxygen atoms in total. The Morgan fingerprint density at radius 1 is 1.47 bits per heavy atom. The average Bonchev–Trinajstić information content (AvgIpc) is 3.08. The van der Waals surface area contributed by atoms with Crippen LogP contribution in [-0.2, 0) is 0 Å². The molecule has 0 aliphatic heterocycles. The second-order valence-corrected chi connectivity index (χ2v) is 4.41. The Morgan fingerprint density at radius 3 is 2.71 bits per heavy atom. The molecule has 0 amide bonds. The van der Waals surface area contributed by atoms with Crippen molar-refractivity contribution in [3.63, 3.8) is 0 Å². The van der Waals surface area contributed by atoms with Crippen LogP contribution in [0.4, 0.5) is 15.8 Å². The summed E-state index contributed by atoms with van der Waals surface area (Å²) in [5, 5.41) is 10.7. The van der Waals surface area contributed by atoms with Gasteiger partial charge in [0.15, 0.2) is 0 Å². The Balaban J connectivity index is 2.24. The lowest BCUT2D eigenvalue weighted by atomic mass is 10.2. The summed E-state index contributed by atoms with van der Waals surface area (Å²) in [5.41, 5.74) is 0.417. The largest absolute Gasteiger partial charge is 0.371 e. The van der Waals surface area contributed by atoms with Gasteiger partial charge in [-0.05, 0) is 31.7 Å². The highest BCUT2D eigenvalue weighted by molar-refractivity contribution is 5.53. The number of nitro benzene ring substituents is 1. The van der Waals surface area contributed by atoms with E-state index in [4.69, 9.17) is 0 Å². The van der Waals surface area contributed by atoms with Crippen LogP contribution >= 0.6 is 0 Å². The van der Waals surface area contributed by atoms with Gasteiger partial charge < -0.3 is 4.90 Å². The summed E-state index contributed by atoms with van der Waals surface area (Å²) in [6.07, 6.45) is 2.40. The minimum atomic E-state index is -0.558. The van der Waals surface area contributed by atoms with Gasteiger partial charge in [-0.1, -0.05) is 0 Å². The highest BCUT2D eigenvalue weighted by Gasteiger charge is 2.24. The molecular formula is C12H15FN2O2. The highest BCUT2D eigenvalue weighted by Crippen LogP contribution is 2.32. The van der Waals surface area contributed by atoms with Crippen molar-refractivity contribution < 1.29 is 9.31 Å². The van der Waals surface area contributed by atoms with Crippen LogP contribution in [-0.4, -0.2) is 18.0 Å². The van der Waals surface area contributed by atoms with Crippen LogP contribution < -0.4 is 4.90 Å². The van der Waals surface area contributed by atoms with Crippen molar-refractivity contribution in [3.8, 4) is 0 Å². The summed E-state index contributed by atoms with van der Waals surface area (Å²) < 4.78 is 13.3. The predicted molar refractivity (Wildman–Crippen MR) is 63.7 cm³/mol. The molecule has 1 aliphatic carbocycles. The number of rotatable bonds is 5. The van der Waals surface area contributed by atoms with Crippen molar-refractivity contribution in [2.24, 2.45) is 5.92 Å².